The molecule has 0 radical (unpaired) electrons. The topological polar surface area (TPSA) is 79.4 Å². The molecule has 8 heteroatoms. The van der Waals surface area contributed by atoms with Gasteiger partial charge in [0.1, 0.15) is 9.77 Å². The SMILES string of the molecule is CCc1ccc(N(C)S(=O)(=O)c2c(-c3ccccc3)csc2C(=O)NCc2ccccn2)cc1. The summed E-state index contributed by atoms with van der Waals surface area (Å²) in [6.45, 7) is 2.24. The molecule has 6 nitrogen and oxygen atoms in total. The van der Waals surface area contributed by atoms with Crippen molar-refractivity contribution >= 4 is 33.0 Å². The number of pyridine rings is 1. The molecule has 0 aliphatic heterocycles. The van der Waals surface area contributed by atoms with Gasteiger partial charge in [-0.05, 0) is 41.8 Å². The Morgan fingerprint density at radius 3 is 2.35 bits per heavy atom. The van der Waals surface area contributed by atoms with E-state index in [1.54, 1.807) is 35.8 Å². The fourth-order valence-corrected chi connectivity index (χ4v) is 6.42. The van der Waals surface area contributed by atoms with Gasteiger partial charge in [-0.2, -0.15) is 0 Å². The molecule has 174 valence electrons. The number of anilines is 1. The molecule has 0 bridgehead atoms. The maximum absolute atomic E-state index is 13.9. The molecule has 0 aliphatic rings. The second-order valence-corrected chi connectivity index (χ2v) is 10.5. The highest BCUT2D eigenvalue weighted by Gasteiger charge is 2.32. The van der Waals surface area contributed by atoms with Crippen LogP contribution in [0.15, 0.2) is 89.3 Å². The first-order valence-corrected chi connectivity index (χ1v) is 13.2. The molecule has 4 rings (SSSR count). The zero-order valence-electron chi connectivity index (χ0n) is 18.9. The van der Waals surface area contributed by atoms with Gasteiger partial charge >= 0.3 is 0 Å². The summed E-state index contributed by atoms with van der Waals surface area (Å²) in [6.07, 6.45) is 2.51. The van der Waals surface area contributed by atoms with Gasteiger partial charge in [0.2, 0.25) is 0 Å². The Hall–Kier alpha value is -3.49. The predicted octanol–water partition coefficient (Wildman–Crippen LogP) is 5.13. The average molecular weight is 492 g/mol. The van der Waals surface area contributed by atoms with Crippen LogP contribution in [0, 0.1) is 0 Å². The second-order valence-electron chi connectivity index (χ2n) is 7.67. The van der Waals surface area contributed by atoms with Gasteiger partial charge in [-0.3, -0.25) is 14.1 Å². The molecule has 0 aliphatic carbocycles. The predicted molar refractivity (Wildman–Crippen MR) is 137 cm³/mol. The number of benzene rings is 2. The molecular weight excluding hydrogens is 466 g/mol. The van der Waals surface area contributed by atoms with E-state index in [-0.39, 0.29) is 16.3 Å². The number of aromatic nitrogens is 1. The summed E-state index contributed by atoms with van der Waals surface area (Å²) in [5.74, 6) is -0.453. The zero-order chi connectivity index (χ0) is 24.1. The number of aryl methyl sites for hydroxylation is 1. The first kappa shape index (κ1) is 23.7. The van der Waals surface area contributed by atoms with Crippen LogP contribution >= 0.6 is 11.3 Å². The van der Waals surface area contributed by atoms with Crippen molar-refractivity contribution in [1.29, 1.82) is 0 Å². The monoisotopic (exact) mass is 491 g/mol. The van der Waals surface area contributed by atoms with E-state index >= 15 is 0 Å². The highest BCUT2D eigenvalue weighted by molar-refractivity contribution is 7.93. The molecule has 4 aromatic rings. The molecule has 1 amide bonds. The van der Waals surface area contributed by atoms with Crippen LogP contribution in [0.1, 0.15) is 27.9 Å². The van der Waals surface area contributed by atoms with E-state index in [9.17, 15) is 13.2 Å². The van der Waals surface area contributed by atoms with Crippen LogP contribution in [0.5, 0.6) is 0 Å². The van der Waals surface area contributed by atoms with E-state index in [2.05, 4.69) is 10.3 Å². The summed E-state index contributed by atoms with van der Waals surface area (Å²) >= 11 is 1.12. The molecule has 2 heterocycles. The number of nitrogens with zero attached hydrogens (tertiary/aromatic N) is 2. The summed E-state index contributed by atoms with van der Waals surface area (Å²) in [5.41, 5.74) is 3.57. The van der Waals surface area contributed by atoms with E-state index < -0.39 is 15.9 Å². The maximum Gasteiger partial charge on any atom is 0.266 e. The minimum Gasteiger partial charge on any atom is -0.346 e. The number of carbonyl (C=O) groups is 1. The number of carbonyl (C=O) groups excluding carboxylic acids is 1. The second kappa shape index (κ2) is 10.2. The lowest BCUT2D eigenvalue weighted by molar-refractivity contribution is 0.0951. The Labute approximate surface area is 204 Å². The Kier molecular flexibility index (Phi) is 7.09. The minimum absolute atomic E-state index is 0.00397. The van der Waals surface area contributed by atoms with Gasteiger partial charge in [-0.1, -0.05) is 55.5 Å². The van der Waals surface area contributed by atoms with E-state index in [0.717, 1.165) is 28.9 Å². The van der Waals surface area contributed by atoms with Gasteiger partial charge in [-0.25, -0.2) is 8.42 Å². The van der Waals surface area contributed by atoms with Gasteiger partial charge < -0.3 is 5.32 Å². The third-order valence-corrected chi connectivity index (χ3v) is 8.50. The molecule has 1 N–H and O–H groups in total. The van der Waals surface area contributed by atoms with Crippen molar-refractivity contribution in [2.24, 2.45) is 0 Å². The number of nitrogens with one attached hydrogen (secondary N) is 1. The van der Waals surface area contributed by atoms with E-state index in [4.69, 9.17) is 0 Å². The third-order valence-electron chi connectivity index (χ3n) is 5.52. The van der Waals surface area contributed by atoms with Crippen LogP contribution in [0.25, 0.3) is 11.1 Å². The number of hydrogen-bond donors (Lipinski definition) is 1. The Morgan fingerprint density at radius 1 is 1.00 bits per heavy atom. The largest absolute Gasteiger partial charge is 0.346 e. The molecule has 0 fully saturated rings. The van der Waals surface area contributed by atoms with Gasteiger partial charge in [0.15, 0.2) is 0 Å². The number of thiophene rings is 1. The van der Waals surface area contributed by atoms with Crippen LogP contribution in [0.4, 0.5) is 5.69 Å². The Morgan fingerprint density at radius 2 is 1.71 bits per heavy atom. The lowest BCUT2D eigenvalue weighted by Gasteiger charge is -2.21. The van der Waals surface area contributed by atoms with Crippen LogP contribution in [0.3, 0.4) is 0 Å². The van der Waals surface area contributed by atoms with Crippen molar-refractivity contribution < 1.29 is 13.2 Å². The number of rotatable bonds is 8. The minimum atomic E-state index is -4.04. The standard InChI is InChI=1S/C26H25N3O3S2/c1-3-19-12-14-22(15-13-19)29(2)34(31,32)25-23(20-9-5-4-6-10-20)18-33-24(25)26(30)28-17-21-11-7-8-16-27-21/h4-16,18H,3,17H2,1-2H3,(H,28,30). The summed E-state index contributed by atoms with van der Waals surface area (Å²) in [4.78, 5) is 17.5. The molecule has 0 saturated carbocycles. The van der Waals surface area contributed by atoms with E-state index in [0.29, 0.717) is 16.9 Å². The van der Waals surface area contributed by atoms with Crippen molar-refractivity contribution in [2.75, 3.05) is 11.4 Å². The fraction of sp³-hybridized carbons (Fsp3) is 0.154. The molecule has 0 unspecified atom stereocenters. The number of hydrogen-bond acceptors (Lipinski definition) is 5. The smallest absolute Gasteiger partial charge is 0.266 e. The quantitative estimate of drug-likeness (QED) is 0.371. The molecule has 2 aromatic heterocycles. The molecule has 34 heavy (non-hydrogen) atoms. The lowest BCUT2D eigenvalue weighted by atomic mass is 10.1. The Balaban J connectivity index is 1.75. The van der Waals surface area contributed by atoms with Crippen molar-refractivity contribution in [3.63, 3.8) is 0 Å². The molecule has 2 aromatic carbocycles. The Bertz CT molecular complexity index is 1370. The van der Waals surface area contributed by atoms with Gasteiger partial charge in [-0.15, -0.1) is 11.3 Å². The summed E-state index contributed by atoms with van der Waals surface area (Å²) in [5, 5.41) is 4.54. The van der Waals surface area contributed by atoms with Gasteiger partial charge in [0.05, 0.1) is 17.9 Å². The highest BCUT2D eigenvalue weighted by atomic mass is 32.2. The van der Waals surface area contributed by atoms with Gasteiger partial charge in [0.25, 0.3) is 15.9 Å². The molecule has 0 saturated heterocycles. The normalized spacial score (nSPS) is 11.2. The summed E-state index contributed by atoms with van der Waals surface area (Å²) in [6, 6.07) is 22.1. The lowest BCUT2D eigenvalue weighted by Crippen LogP contribution is -2.30. The first-order valence-electron chi connectivity index (χ1n) is 10.8. The number of sulfonamides is 1. The van der Waals surface area contributed by atoms with Crippen molar-refractivity contribution in [1.82, 2.24) is 10.3 Å². The highest BCUT2D eigenvalue weighted by Crippen LogP contribution is 2.38. The maximum atomic E-state index is 13.9. The molecular formula is C26H25N3O3S2. The van der Waals surface area contributed by atoms with Crippen molar-refractivity contribution in [3.05, 3.63) is 101 Å². The third kappa shape index (κ3) is 4.88. The summed E-state index contributed by atoms with van der Waals surface area (Å²) < 4.78 is 29.0. The van der Waals surface area contributed by atoms with E-state index in [1.807, 2.05) is 55.5 Å². The molecule has 0 spiro atoms. The summed E-state index contributed by atoms with van der Waals surface area (Å²) in [7, 11) is -2.53. The van der Waals surface area contributed by atoms with Crippen LogP contribution in [-0.4, -0.2) is 26.4 Å². The van der Waals surface area contributed by atoms with Crippen molar-refractivity contribution in [3.8, 4) is 11.1 Å². The fourth-order valence-electron chi connectivity index (χ4n) is 3.55. The van der Waals surface area contributed by atoms with Gasteiger partial charge in [0, 0.05) is 24.2 Å². The van der Waals surface area contributed by atoms with Crippen LogP contribution in [0.2, 0.25) is 0 Å². The average Bonchev–Trinajstić information content (AvgIpc) is 3.34. The molecule has 0 atom stereocenters. The van der Waals surface area contributed by atoms with Crippen molar-refractivity contribution in [2.45, 2.75) is 24.8 Å². The zero-order valence-corrected chi connectivity index (χ0v) is 20.6. The van der Waals surface area contributed by atoms with E-state index in [1.165, 1.54) is 11.4 Å². The number of amides is 1. The van der Waals surface area contributed by atoms with Crippen LogP contribution in [-0.2, 0) is 23.0 Å². The van der Waals surface area contributed by atoms with Crippen LogP contribution < -0.4 is 9.62 Å². The first-order chi connectivity index (χ1) is 16.4.